The first-order valence-corrected chi connectivity index (χ1v) is 9.39. The number of carboxylic acids is 1. The number of carbonyl (C=O) groups excluding carboxylic acids is 1. The maximum absolute atomic E-state index is 14.5. The zero-order chi connectivity index (χ0) is 19.6. The summed E-state index contributed by atoms with van der Waals surface area (Å²) in [6, 6.07) is 9.16. The number of carboxylic acid groups (broad SMARTS) is 1. The molecule has 1 amide bonds. The van der Waals surface area contributed by atoms with Crippen LogP contribution in [0, 0.1) is 11.7 Å². The highest BCUT2D eigenvalue weighted by atomic mass is 35.5. The minimum Gasteiger partial charge on any atom is -0.481 e. The maximum atomic E-state index is 14.5. The molecule has 142 valence electrons. The normalized spacial score (nSPS) is 19.5. The third-order valence-corrected chi connectivity index (χ3v) is 5.71. The van der Waals surface area contributed by atoms with Gasteiger partial charge in [0.05, 0.1) is 21.7 Å². The van der Waals surface area contributed by atoms with E-state index in [1.54, 1.807) is 6.07 Å². The van der Waals surface area contributed by atoms with E-state index >= 15 is 0 Å². The van der Waals surface area contributed by atoms with Gasteiger partial charge in [0.2, 0.25) is 0 Å². The van der Waals surface area contributed by atoms with Crippen molar-refractivity contribution in [1.29, 1.82) is 0 Å². The number of anilines is 1. The molecule has 0 aliphatic heterocycles. The molecule has 3 rings (SSSR count). The highest BCUT2D eigenvalue weighted by molar-refractivity contribution is 6.42. The number of nitrogens with one attached hydrogen (secondary N) is 1. The van der Waals surface area contributed by atoms with Gasteiger partial charge in [0, 0.05) is 5.56 Å². The predicted octanol–water partition coefficient (Wildman–Crippen LogP) is 5.74. The maximum Gasteiger partial charge on any atom is 0.306 e. The van der Waals surface area contributed by atoms with Crippen molar-refractivity contribution in [2.24, 2.45) is 5.92 Å². The zero-order valence-corrected chi connectivity index (χ0v) is 15.9. The Hall–Kier alpha value is -2.11. The molecule has 1 aliphatic carbocycles. The van der Waals surface area contributed by atoms with Gasteiger partial charge in [-0.15, -0.1) is 0 Å². The van der Waals surface area contributed by atoms with Gasteiger partial charge in [-0.3, -0.25) is 9.59 Å². The van der Waals surface area contributed by atoms with Crippen LogP contribution in [0.15, 0.2) is 36.4 Å². The summed E-state index contributed by atoms with van der Waals surface area (Å²) in [7, 11) is 0. The summed E-state index contributed by atoms with van der Waals surface area (Å²) < 4.78 is 14.5. The molecule has 0 atom stereocenters. The van der Waals surface area contributed by atoms with Gasteiger partial charge in [-0.1, -0.05) is 29.3 Å². The standard InChI is InChI=1S/C20H18Cl2FNO3/c21-15-7-5-14(9-16(15)22)19(25)24-18-8-6-13(10-17(18)23)11-1-3-12(4-2-11)20(26)27/h5-12H,1-4H2,(H,24,25)(H,26,27)/t11-,12-. The molecule has 0 bridgehead atoms. The van der Waals surface area contributed by atoms with E-state index in [4.69, 9.17) is 28.3 Å². The first-order chi connectivity index (χ1) is 12.8. The van der Waals surface area contributed by atoms with Crippen LogP contribution in [0.2, 0.25) is 10.0 Å². The van der Waals surface area contributed by atoms with E-state index in [9.17, 15) is 14.0 Å². The first-order valence-electron chi connectivity index (χ1n) is 8.64. The minimum absolute atomic E-state index is 0.0778. The van der Waals surface area contributed by atoms with Gasteiger partial charge in [0.1, 0.15) is 5.82 Å². The molecule has 2 aromatic rings. The molecule has 0 unspecified atom stereocenters. The molecule has 0 spiro atoms. The van der Waals surface area contributed by atoms with Gasteiger partial charge in [0.25, 0.3) is 5.91 Å². The lowest BCUT2D eigenvalue weighted by atomic mass is 9.79. The van der Waals surface area contributed by atoms with E-state index < -0.39 is 17.7 Å². The summed E-state index contributed by atoms with van der Waals surface area (Å²) in [6.45, 7) is 0. The number of carbonyl (C=O) groups is 2. The lowest BCUT2D eigenvalue weighted by Gasteiger charge is -2.26. The quantitative estimate of drug-likeness (QED) is 0.675. The van der Waals surface area contributed by atoms with Crippen molar-refractivity contribution in [2.75, 3.05) is 5.32 Å². The number of amides is 1. The second-order valence-corrected chi connectivity index (χ2v) is 7.52. The van der Waals surface area contributed by atoms with Crippen LogP contribution >= 0.6 is 23.2 Å². The molecule has 1 fully saturated rings. The van der Waals surface area contributed by atoms with E-state index in [1.807, 2.05) is 0 Å². The Morgan fingerprint density at radius 1 is 1.00 bits per heavy atom. The molecular formula is C20H18Cl2FNO3. The molecule has 0 radical (unpaired) electrons. The molecule has 2 aromatic carbocycles. The Balaban J connectivity index is 1.69. The van der Waals surface area contributed by atoms with Crippen molar-refractivity contribution in [2.45, 2.75) is 31.6 Å². The van der Waals surface area contributed by atoms with Crippen LogP contribution in [-0.2, 0) is 4.79 Å². The number of rotatable bonds is 4. The summed E-state index contributed by atoms with van der Waals surface area (Å²) in [4.78, 5) is 23.3. The molecule has 0 heterocycles. The fraction of sp³-hybridized carbons (Fsp3) is 0.300. The SMILES string of the molecule is O=C(Nc1ccc([C@H]2CC[C@H](C(=O)O)CC2)cc1F)c1ccc(Cl)c(Cl)c1. The molecule has 1 aliphatic rings. The summed E-state index contributed by atoms with van der Waals surface area (Å²) in [5.41, 5.74) is 1.18. The highest BCUT2D eigenvalue weighted by Gasteiger charge is 2.27. The molecule has 0 aromatic heterocycles. The van der Waals surface area contributed by atoms with Crippen LogP contribution in [-0.4, -0.2) is 17.0 Å². The molecule has 0 saturated heterocycles. The van der Waals surface area contributed by atoms with Gasteiger partial charge < -0.3 is 10.4 Å². The monoisotopic (exact) mass is 409 g/mol. The van der Waals surface area contributed by atoms with E-state index in [2.05, 4.69) is 5.32 Å². The van der Waals surface area contributed by atoms with E-state index in [1.165, 1.54) is 30.3 Å². The smallest absolute Gasteiger partial charge is 0.306 e. The van der Waals surface area contributed by atoms with Crippen molar-refractivity contribution >= 4 is 40.8 Å². The molecule has 7 heteroatoms. The summed E-state index contributed by atoms with van der Waals surface area (Å²) in [6.07, 6.45) is 2.62. The van der Waals surface area contributed by atoms with Crippen molar-refractivity contribution < 1.29 is 19.1 Å². The van der Waals surface area contributed by atoms with Crippen molar-refractivity contribution in [3.05, 3.63) is 63.4 Å². The first kappa shape index (κ1) is 19.6. The van der Waals surface area contributed by atoms with Crippen LogP contribution in [0.1, 0.15) is 47.5 Å². The van der Waals surface area contributed by atoms with Gasteiger partial charge in [-0.2, -0.15) is 0 Å². The van der Waals surface area contributed by atoms with Crippen LogP contribution < -0.4 is 5.32 Å². The minimum atomic E-state index is -0.764. The summed E-state index contributed by atoms with van der Waals surface area (Å²) in [5.74, 6) is -1.95. The van der Waals surface area contributed by atoms with Crippen molar-refractivity contribution in [1.82, 2.24) is 0 Å². The number of aliphatic carboxylic acids is 1. The second kappa shape index (κ2) is 8.28. The second-order valence-electron chi connectivity index (χ2n) is 6.71. The summed E-state index contributed by atoms with van der Waals surface area (Å²) >= 11 is 11.7. The average Bonchev–Trinajstić information content (AvgIpc) is 2.65. The number of hydrogen-bond acceptors (Lipinski definition) is 2. The zero-order valence-electron chi connectivity index (χ0n) is 14.3. The van der Waals surface area contributed by atoms with Gasteiger partial charge >= 0.3 is 5.97 Å². The van der Waals surface area contributed by atoms with Crippen LogP contribution in [0.5, 0.6) is 0 Å². The molecule has 4 nitrogen and oxygen atoms in total. The fourth-order valence-electron chi connectivity index (χ4n) is 3.39. The Kier molecular flexibility index (Phi) is 6.02. The number of halogens is 3. The Labute approximate surface area is 166 Å². The third-order valence-electron chi connectivity index (χ3n) is 4.97. The Morgan fingerprint density at radius 2 is 1.70 bits per heavy atom. The van der Waals surface area contributed by atoms with Crippen molar-refractivity contribution in [3.63, 3.8) is 0 Å². The van der Waals surface area contributed by atoms with E-state index in [0.717, 1.165) is 5.56 Å². The van der Waals surface area contributed by atoms with Crippen LogP contribution in [0.4, 0.5) is 10.1 Å². The van der Waals surface area contributed by atoms with E-state index in [0.29, 0.717) is 30.7 Å². The largest absolute Gasteiger partial charge is 0.481 e. The van der Waals surface area contributed by atoms with Crippen LogP contribution in [0.25, 0.3) is 0 Å². The van der Waals surface area contributed by atoms with Crippen LogP contribution in [0.3, 0.4) is 0 Å². The number of hydrogen-bond donors (Lipinski definition) is 2. The van der Waals surface area contributed by atoms with Gasteiger partial charge in [0.15, 0.2) is 0 Å². The summed E-state index contributed by atoms with van der Waals surface area (Å²) in [5, 5.41) is 12.2. The fourth-order valence-corrected chi connectivity index (χ4v) is 3.69. The topological polar surface area (TPSA) is 66.4 Å². The molecule has 27 heavy (non-hydrogen) atoms. The van der Waals surface area contributed by atoms with E-state index in [-0.39, 0.29) is 28.1 Å². The molecular weight excluding hydrogens is 392 g/mol. The third kappa shape index (κ3) is 4.60. The lowest BCUT2D eigenvalue weighted by Crippen LogP contribution is -2.20. The van der Waals surface area contributed by atoms with Crippen molar-refractivity contribution in [3.8, 4) is 0 Å². The highest BCUT2D eigenvalue weighted by Crippen LogP contribution is 2.36. The predicted molar refractivity (Wildman–Crippen MR) is 103 cm³/mol. The van der Waals surface area contributed by atoms with Gasteiger partial charge in [-0.05, 0) is 67.5 Å². The molecule has 1 saturated carbocycles. The lowest BCUT2D eigenvalue weighted by molar-refractivity contribution is -0.142. The van der Waals surface area contributed by atoms with Gasteiger partial charge in [-0.25, -0.2) is 4.39 Å². The molecule has 2 N–H and O–H groups in total. The Bertz CT molecular complexity index is 880. The average molecular weight is 410 g/mol. The number of benzene rings is 2. The Morgan fingerprint density at radius 3 is 2.30 bits per heavy atom.